The number of likely N-dealkylation sites (tertiary alicyclic amines) is 1. The fourth-order valence-corrected chi connectivity index (χ4v) is 1.90. The lowest BCUT2D eigenvalue weighted by Crippen LogP contribution is -2.30. The van der Waals surface area contributed by atoms with E-state index < -0.39 is 34.5 Å². The Labute approximate surface area is 107 Å². The first-order valence-corrected chi connectivity index (χ1v) is 5.49. The Morgan fingerprint density at radius 3 is 2.42 bits per heavy atom. The monoisotopic (exact) mass is 270 g/mol. The smallest absolute Gasteiger partial charge is 0.272 e. The largest absolute Gasteiger partial charge is 0.388 e. The Morgan fingerprint density at radius 1 is 1.37 bits per heavy atom. The van der Waals surface area contributed by atoms with Gasteiger partial charge in [0, 0.05) is 19.2 Å². The Kier molecular flexibility index (Phi) is 3.45. The van der Waals surface area contributed by atoms with Gasteiger partial charge in [0.15, 0.2) is 0 Å². The first kappa shape index (κ1) is 13.4. The van der Waals surface area contributed by atoms with Crippen molar-refractivity contribution in [1.29, 1.82) is 0 Å². The molecule has 1 heterocycles. The van der Waals surface area contributed by atoms with E-state index in [-0.39, 0.29) is 18.7 Å². The summed E-state index contributed by atoms with van der Waals surface area (Å²) in [5.74, 6) is -1.72. The lowest BCUT2D eigenvalue weighted by molar-refractivity contribution is -0.385. The third-order valence-electron chi connectivity index (χ3n) is 2.94. The summed E-state index contributed by atoms with van der Waals surface area (Å²) >= 11 is 0. The molecule has 1 aromatic carbocycles. The third-order valence-corrected chi connectivity index (χ3v) is 2.94. The van der Waals surface area contributed by atoms with Crippen LogP contribution in [0.15, 0.2) is 18.2 Å². The predicted molar refractivity (Wildman–Crippen MR) is 61.0 cm³/mol. The average Bonchev–Trinajstić information content (AvgIpc) is 2.68. The Bertz CT molecular complexity index is 526. The van der Waals surface area contributed by atoms with Crippen LogP contribution in [-0.2, 0) is 0 Å². The first-order valence-electron chi connectivity index (χ1n) is 5.49. The molecule has 2 N–H and O–H groups in total. The Balaban J connectivity index is 2.23. The van der Waals surface area contributed by atoms with Crippen molar-refractivity contribution in [3.05, 3.63) is 39.7 Å². The molecule has 1 saturated heterocycles. The molecule has 2 rings (SSSR count). The summed E-state index contributed by atoms with van der Waals surface area (Å²) in [6.45, 7) is -0.202. The van der Waals surface area contributed by atoms with Crippen molar-refractivity contribution in [3.63, 3.8) is 0 Å². The molecular weight excluding hydrogens is 259 g/mol. The maximum Gasteiger partial charge on any atom is 0.272 e. The van der Waals surface area contributed by atoms with Gasteiger partial charge < -0.3 is 15.1 Å². The number of hydrogen-bond donors (Lipinski definition) is 2. The molecule has 0 bridgehead atoms. The molecule has 1 aliphatic rings. The van der Waals surface area contributed by atoms with E-state index in [9.17, 15) is 29.5 Å². The zero-order valence-corrected chi connectivity index (χ0v) is 9.69. The number of nitrogens with zero attached hydrogens (tertiary/aromatic N) is 2. The van der Waals surface area contributed by atoms with Gasteiger partial charge in [-0.1, -0.05) is 0 Å². The van der Waals surface area contributed by atoms with Crippen LogP contribution in [0.3, 0.4) is 0 Å². The molecule has 0 unspecified atom stereocenters. The highest BCUT2D eigenvalue weighted by Gasteiger charge is 2.34. The van der Waals surface area contributed by atoms with Crippen LogP contribution in [0.5, 0.6) is 0 Å². The summed E-state index contributed by atoms with van der Waals surface area (Å²) in [5.41, 5.74) is -0.776. The summed E-state index contributed by atoms with van der Waals surface area (Å²) in [7, 11) is 0. The van der Waals surface area contributed by atoms with E-state index in [2.05, 4.69) is 0 Å². The van der Waals surface area contributed by atoms with Gasteiger partial charge in [0.05, 0.1) is 28.8 Å². The number of hydrogen-bond acceptors (Lipinski definition) is 5. The number of aliphatic hydroxyl groups excluding tert-OH is 2. The maximum absolute atomic E-state index is 13.6. The molecule has 8 heteroatoms. The zero-order valence-electron chi connectivity index (χ0n) is 9.69. The minimum atomic E-state index is -1.06. The number of carbonyl (C=O) groups is 1. The van der Waals surface area contributed by atoms with E-state index >= 15 is 0 Å². The van der Waals surface area contributed by atoms with Gasteiger partial charge in [0.25, 0.3) is 11.6 Å². The molecule has 1 aromatic rings. The quantitative estimate of drug-likeness (QED) is 0.577. The van der Waals surface area contributed by atoms with Crippen molar-refractivity contribution >= 4 is 11.6 Å². The van der Waals surface area contributed by atoms with Crippen molar-refractivity contribution in [1.82, 2.24) is 4.90 Å². The van der Waals surface area contributed by atoms with Gasteiger partial charge in [0.2, 0.25) is 0 Å². The maximum atomic E-state index is 13.6. The molecule has 19 heavy (non-hydrogen) atoms. The van der Waals surface area contributed by atoms with Gasteiger partial charge in [-0.15, -0.1) is 0 Å². The zero-order chi connectivity index (χ0) is 14.2. The van der Waals surface area contributed by atoms with Crippen LogP contribution in [0, 0.1) is 15.9 Å². The van der Waals surface area contributed by atoms with Gasteiger partial charge in [-0.25, -0.2) is 4.39 Å². The number of benzene rings is 1. The average molecular weight is 270 g/mol. The number of rotatable bonds is 2. The standard InChI is InChI=1S/C11H11FN2O5/c12-8-3-6(14(18)19)1-2-7(8)11(17)13-4-9(15)10(16)5-13/h1-3,9-10,15-16H,4-5H2/t9-,10+. The first-order chi connectivity index (χ1) is 8.90. The van der Waals surface area contributed by atoms with Crippen molar-refractivity contribution in [2.45, 2.75) is 12.2 Å². The molecule has 7 nitrogen and oxygen atoms in total. The molecule has 2 atom stereocenters. The molecule has 0 radical (unpaired) electrons. The number of carbonyl (C=O) groups excluding carboxylic acids is 1. The lowest BCUT2D eigenvalue weighted by atomic mass is 10.1. The van der Waals surface area contributed by atoms with Crippen LogP contribution < -0.4 is 0 Å². The van der Waals surface area contributed by atoms with Crippen LogP contribution in [0.25, 0.3) is 0 Å². The van der Waals surface area contributed by atoms with Crippen molar-refractivity contribution in [2.24, 2.45) is 0 Å². The van der Waals surface area contributed by atoms with Crippen LogP contribution in [0.4, 0.5) is 10.1 Å². The van der Waals surface area contributed by atoms with E-state index in [4.69, 9.17) is 0 Å². The summed E-state index contributed by atoms with van der Waals surface area (Å²) < 4.78 is 13.6. The van der Waals surface area contributed by atoms with E-state index in [1.165, 1.54) is 0 Å². The minimum Gasteiger partial charge on any atom is -0.388 e. The number of aliphatic hydroxyl groups is 2. The highest BCUT2D eigenvalue weighted by atomic mass is 19.1. The second-order valence-electron chi connectivity index (χ2n) is 4.27. The third kappa shape index (κ3) is 2.54. The summed E-state index contributed by atoms with van der Waals surface area (Å²) in [6, 6.07) is 2.71. The fraction of sp³-hybridized carbons (Fsp3) is 0.364. The van der Waals surface area contributed by atoms with Crippen molar-refractivity contribution in [3.8, 4) is 0 Å². The van der Waals surface area contributed by atoms with Gasteiger partial charge in [-0.2, -0.15) is 0 Å². The van der Waals surface area contributed by atoms with Gasteiger partial charge in [-0.3, -0.25) is 14.9 Å². The number of amides is 1. The Morgan fingerprint density at radius 2 is 1.95 bits per heavy atom. The highest BCUT2D eigenvalue weighted by Crippen LogP contribution is 2.20. The normalized spacial score (nSPS) is 22.6. The number of nitro groups is 1. The molecule has 0 saturated carbocycles. The van der Waals surface area contributed by atoms with Crippen LogP contribution >= 0.6 is 0 Å². The van der Waals surface area contributed by atoms with Gasteiger partial charge in [-0.05, 0) is 6.07 Å². The van der Waals surface area contributed by atoms with E-state index in [1.807, 2.05) is 0 Å². The number of non-ortho nitro benzene ring substituents is 1. The second-order valence-corrected chi connectivity index (χ2v) is 4.27. The number of β-amino-alcohol motifs (C(OH)–C–C–N with tert-alkyl or cyclic N) is 2. The van der Waals surface area contributed by atoms with Crippen molar-refractivity contribution in [2.75, 3.05) is 13.1 Å². The molecular formula is C11H11FN2O5. The molecule has 102 valence electrons. The number of halogens is 1. The molecule has 0 aromatic heterocycles. The number of nitro benzene ring substituents is 1. The van der Waals surface area contributed by atoms with E-state index in [1.54, 1.807) is 0 Å². The van der Waals surface area contributed by atoms with Crippen molar-refractivity contribution < 1.29 is 24.3 Å². The van der Waals surface area contributed by atoms with Crippen LogP contribution in [0.1, 0.15) is 10.4 Å². The molecule has 1 aliphatic heterocycles. The van der Waals surface area contributed by atoms with E-state index in [0.29, 0.717) is 6.07 Å². The van der Waals surface area contributed by atoms with Crippen LogP contribution in [-0.4, -0.2) is 51.2 Å². The topological polar surface area (TPSA) is 104 Å². The Hall–Kier alpha value is -2.06. The summed E-state index contributed by atoms with van der Waals surface area (Å²) in [5, 5.41) is 29.1. The molecule has 1 fully saturated rings. The lowest BCUT2D eigenvalue weighted by Gasteiger charge is -2.15. The fourth-order valence-electron chi connectivity index (χ4n) is 1.90. The predicted octanol–water partition coefficient (Wildman–Crippen LogP) is -0.0885. The SMILES string of the molecule is O=C(c1ccc([N+](=O)[O-])cc1F)N1C[C@@H](O)[C@@H](O)C1. The van der Waals surface area contributed by atoms with Gasteiger partial charge >= 0.3 is 0 Å². The molecule has 1 amide bonds. The second kappa shape index (κ2) is 4.90. The summed E-state index contributed by atoms with van der Waals surface area (Å²) in [6.07, 6.45) is -2.13. The summed E-state index contributed by atoms with van der Waals surface area (Å²) in [4.78, 5) is 22.7. The van der Waals surface area contributed by atoms with E-state index in [0.717, 1.165) is 17.0 Å². The molecule has 0 spiro atoms. The minimum absolute atomic E-state index is 0.101. The van der Waals surface area contributed by atoms with Gasteiger partial charge in [0.1, 0.15) is 5.82 Å². The molecule has 0 aliphatic carbocycles. The highest BCUT2D eigenvalue weighted by molar-refractivity contribution is 5.95. The van der Waals surface area contributed by atoms with Crippen LogP contribution in [0.2, 0.25) is 0 Å².